The van der Waals surface area contributed by atoms with Gasteiger partial charge in [0.15, 0.2) is 5.13 Å². The molecular formula is C11H19N3OS. The molecule has 90 valence electrons. The second-order valence-electron chi connectivity index (χ2n) is 4.85. The van der Waals surface area contributed by atoms with Crippen molar-refractivity contribution in [1.29, 1.82) is 0 Å². The molecule has 1 aromatic heterocycles. The number of nitrogens with two attached hydrogens (primary N) is 1. The molecule has 0 unspecified atom stereocenters. The van der Waals surface area contributed by atoms with Gasteiger partial charge in [-0.3, -0.25) is 0 Å². The van der Waals surface area contributed by atoms with Crippen LogP contribution in [0.4, 0.5) is 5.13 Å². The number of thiazole rings is 1. The Labute approximate surface area is 100 Å². The zero-order valence-corrected chi connectivity index (χ0v) is 10.8. The summed E-state index contributed by atoms with van der Waals surface area (Å²) >= 11 is 1.70. The predicted octanol–water partition coefficient (Wildman–Crippen LogP) is 0.869. The molecule has 5 heteroatoms. The summed E-state index contributed by atoms with van der Waals surface area (Å²) in [6, 6.07) is 0. The highest BCUT2D eigenvalue weighted by molar-refractivity contribution is 7.15. The summed E-state index contributed by atoms with van der Waals surface area (Å²) < 4.78 is 0. The van der Waals surface area contributed by atoms with Crippen molar-refractivity contribution in [3.05, 3.63) is 10.6 Å². The lowest BCUT2D eigenvalue weighted by Crippen LogP contribution is -2.49. The number of nitrogens with zero attached hydrogens (tertiary/aromatic N) is 2. The van der Waals surface area contributed by atoms with Crippen LogP contribution in [-0.2, 0) is 5.41 Å². The minimum absolute atomic E-state index is 0.0184. The first kappa shape index (κ1) is 11.8. The third kappa shape index (κ3) is 1.73. The Hall–Kier alpha value is -0.650. The van der Waals surface area contributed by atoms with Crippen LogP contribution in [0.5, 0.6) is 0 Å². The van der Waals surface area contributed by atoms with Gasteiger partial charge in [-0.05, 0) is 19.8 Å². The van der Waals surface area contributed by atoms with Crippen LogP contribution in [0.3, 0.4) is 0 Å². The Balaban J connectivity index is 2.32. The van der Waals surface area contributed by atoms with E-state index in [9.17, 15) is 5.11 Å². The smallest absolute Gasteiger partial charge is 0.185 e. The van der Waals surface area contributed by atoms with E-state index in [1.807, 2.05) is 25.9 Å². The Bertz CT molecular complexity index is 383. The summed E-state index contributed by atoms with van der Waals surface area (Å²) in [6.07, 6.45) is 1.37. The van der Waals surface area contributed by atoms with Crippen LogP contribution < -0.4 is 10.6 Å². The second-order valence-corrected chi connectivity index (χ2v) is 5.83. The van der Waals surface area contributed by atoms with Crippen molar-refractivity contribution in [3.63, 3.8) is 0 Å². The maximum atomic E-state index is 9.50. The lowest BCUT2D eigenvalue weighted by atomic mass is 9.65. The molecular weight excluding hydrogens is 222 g/mol. The molecule has 0 radical (unpaired) electrons. The van der Waals surface area contributed by atoms with Gasteiger partial charge in [0.1, 0.15) is 0 Å². The van der Waals surface area contributed by atoms with E-state index in [1.165, 1.54) is 4.88 Å². The van der Waals surface area contributed by atoms with Crippen LogP contribution in [-0.4, -0.2) is 36.8 Å². The summed E-state index contributed by atoms with van der Waals surface area (Å²) in [7, 11) is 3.99. The largest absolute Gasteiger partial charge is 0.393 e. The Kier molecular flexibility index (Phi) is 2.94. The normalized spacial score (nSPS) is 28.9. The quantitative estimate of drug-likeness (QED) is 0.824. The van der Waals surface area contributed by atoms with Crippen molar-refractivity contribution in [2.45, 2.75) is 31.3 Å². The summed E-state index contributed by atoms with van der Waals surface area (Å²) in [5.74, 6) is 0. The van der Waals surface area contributed by atoms with E-state index in [4.69, 9.17) is 5.73 Å². The van der Waals surface area contributed by atoms with Gasteiger partial charge in [-0.25, -0.2) is 4.98 Å². The number of hydrogen-bond acceptors (Lipinski definition) is 5. The van der Waals surface area contributed by atoms with Gasteiger partial charge in [0, 0.05) is 30.9 Å². The molecule has 0 bridgehead atoms. The van der Waals surface area contributed by atoms with E-state index in [2.05, 4.69) is 4.98 Å². The zero-order chi connectivity index (χ0) is 11.9. The molecule has 1 heterocycles. The fraction of sp³-hybridized carbons (Fsp3) is 0.727. The van der Waals surface area contributed by atoms with Gasteiger partial charge in [0.2, 0.25) is 0 Å². The molecule has 0 aromatic carbocycles. The van der Waals surface area contributed by atoms with Crippen molar-refractivity contribution >= 4 is 16.5 Å². The highest BCUT2D eigenvalue weighted by atomic mass is 32.1. The summed E-state index contributed by atoms with van der Waals surface area (Å²) in [5, 5.41) is 10.5. The van der Waals surface area contributed by atoms with Gasteiger partial charge in [-0.1, -0.05) is 0 Å². The third-order valence-electron chi connectivity index (χ3n) is 3.29. The van der Waals surface area contributed by atoms with E-state index in [1.54, 1.807) is 11.3 Å². The van der Waals surface area contributed by atoms with Crippen molar-refractivity contribution < 1.29 is 5.11 Å². The van der Waals surface area contributed by atoms with E-state index < -0.39 is 0 Å². The molecule has 1 fully saturated rings. The molecule has 1 aliphatic carbocycles. The molecule has 1 aromatic rings. The molecule has 0 atom stereocenters. The first-order valence-electron chi connectivity index (χ1n) is 5.52. The van der Waals surface area contributed by atoms with E-state index in [0.29, 0.717) is 6.54 Å². The van der Waals surface area contributed by atoms with Crippen LogP contribution in [0.1, 0.15) is 23.4 Å². The Morgan fingerprint density at radius 2 is 2.19 bits per heavy atom. The number of aryl methyl sites for hydroxylation is 1. The zero-order valence-electron chi connectivity index (χ0n) is 10.0. The molecule has 4 nitrogen and oxygen atoms in total. The molecule has 0 spiro atoms. The van der Waals surface area contributed by atoms with Gasteiger partial charge in [-0.2, -0.15) is 0 Å². The lowest BCUT2D eigenvalue weighted by molar-refractivity contribution is 0.0235. The van der Waals surface area contributed by atoms with E-state index >= 15 is 0 Å². The van der Waals surface area contributed by atoms with Crippen molar-refractivity contribution in [1.82, 2.24) is 4.98 Å². The molecule has 1 aliphatic rings. The monoisotopic (exact) mass is 241 g/mol. The van der Waals surface area contributed by atoms with Crippen molar-refractivity contribution in [2.24, 2.45) is 5.73 Å². The minimum atomic E-state index is -0.187. The van der Waals surface area contributed by atoms with Gasteiger partial charge in [-0.15, -0.1) is 11.3 Å². The summed E-state index contributed by atoms with van der Waals surface area (Å²) in [5.41, 5.74) is 6.91. The van der Waals surface area contributed by atoms with Gasteiger partial charge < -0.3 is 15.7 Å². The van der Waals surface area contributed by atoms with Gasteiger partial charge in [0.05, 0.1) is 11.8 Å². The minimum Gasteiger partial charge on any atom is -0.393 e. The van der Waals surface area contributed by atoms with Gasteiger partial charge >= 0.3 is 0 Å². The van der Waals surface area contributed by atoms with E-state index in [0.717, 1.165) is 23.7 Å². The SMILES string of the molecule is Cc1nc(N(C)C)sc1C1(CN)CC(O)C1. The molecule has 2 rings (SSSR count). The molecule has 0 saturated heterocycles. The molecule has 16 heavy (non-hydrogen) atoms. The Morgan fingerprint density at radius 3 is 2.56 bits per heavy atom. The maximum Gasteiger partial charge on any atom is 0.185 e. The molecule has 3 N–H and O–H groups in total. The molecule has 1 saturated carbocycles. The highest BCUT2D eigenvalue weighted by Gasteiger charge is 2.46. The fourth-order valence-electron chi connectivity index (χ4n) is 2.35. The van der Waals surface area contributed by atoms with Gasteiger partial charge in [0.25, 0.3) is 0 Å². The average molecular weight is 241 g/mol. The molecule has 0 amide bonds. The summed E-state index contributed by atoms with van der Waals surface area (Å²) in [4.78, 5) is 7.81. The average Bonchev–Trinajstić information content (AvgIpc) is 2.56. The van der Waals surface area contributed by atoms with Crippen molar-refractivity contribution in [3.8, 4) is 0 Å². The van der Waals surface area contributed by atoms with Crippen LogP contribution >= 0.6 is 11.3 Å². The highest BCUT2D eigenvalue weighted by Crippen LogP contribution is 2.47. The van der Waals surface area contributed by atoms with Crippen LogP contribution in [0.25, 0.3) is 0 Å². The second kappa shape index (κ2) is 3.98. The summed E-state index contributed by atoms with van der Waals surface area (Å²) in [6.45, 7) is 2.63. The topological polar surface area (TPSA) is 62.4 Å². The standard InChI is InChI=1S/C11H19N3OS/c1-7-9(16-10(13-7)14(2)3)11(6-12)4-8(15)5-11/h8,15H,4-6,12H2,1-3H3. The number of aromatic nitrogens is 1. The Morgan fingerprint density at radius 1 is 1.56 bits per heavy atom. The van der Waals surface area contributed by atoms with Crippen LogP contribution in [0, 0.1) is 6.92 Å². The lowest BCUT2D eigenvalue weighted by Gasteiger charge is -2.44. The maximum absolute atomic E-state index is 9.50. The number of aliphatic hydroxyl groups is 1. The fourth-order valence-corrected chi connectivity index (χ4v) is 3.56. The number of hydrogen-bond donors (Lipinski definition) is 2. The first-order chi connectivity index (χ1) is 7.48. The van der Waals surface area contributed by atoms with E-state index in [-0.39, 0.29) is 11.5 Å². The first-order valence-corrected chi connectivity index (χ1v) is 6.33. The predicted molar refractivity (Wildman–Crippen MR) is 67.2 cm³/mol. The van der Waals surface area contributed by atoms with Crippen LogP contribution in [0.15, 0.2) is 0 Å². The number of rotatable bonds is 3. The molecule has 0 aliphatic heterocycles. The van der Waals surface area contributed by atoms with Crippen molar-refractivity contribution in [2.75, 3.05) is 25.5 Å². The van der Waals surface area contributed by atoms with Crippen LogP contribution in [0.2, 0.25) is 0 Å². The number of anilines is 1. The number of aliphatic hydroxyl groups excluding tert-OH is 1. The third-order valence-corrected chi connectivity index (χ3v) is 4.86.